The number of rotatable bonds is 3. The van der Waals surface area contributed by atoms with Crippen molar-refractivity contribution < 1.29 is 9.53 Å². The van der Waals surface area contributed by atoms with Crippen molar-refractivity contribution in [3.63, 3.8) is 0 Å². The largest absolute Gasteiger partial charge is 0.462 e. The normalized spacial score (nSPS) is 10.2. The minimum atomic E-state index is -0.630. The Morgan fingerprint density at radius 3 is 2.74 bits per heavy atom. The molecule has 0 unspecified atom stereocenters. The Bertz CT molecular complexity index is 664. The molecule has 2 rings (SSSR count). The van der Waals surface area contributed by atoms with Gasteiger partial charge in [-0.2, -0.15) is 0 Å². The van der Waals surface area contributed by atoms with Gasteiger partial charge in [0.25, 0.3) is 0 Å². The molecule has 98 valence electrons. The van der Waals surface area contributed by atoms with Crippen LogP contribution in [0.15, 0.2) is 41.3 Å². The lowest BCUT2D eigenvalue weighted by atomic mass is 10.1. The molecule has 2 aromatic rings. The van der Waals surface area contributed by atoms with E-state index >= 15 is 0 Å². The number of esters is 1. The van der Waals surface area contributed by atoms with Gasteiger partial charge in [0.05, 0.1) is 12.3 Å². The van der Waals surface area contributed by atoms with Gasteiger partial charge in [-0.05, 0) is 13.0 Å². The first kappa shape index (κ1) is 13.4. The molecule has 0 bridgehead atoms. The number of hydrogen-bond acceptors (Lipinski definition) is 3. The summed E-state index contributed by atoms with van der Waals surface area (Å²) >= 11 is 6.05. The molecule has 0 radical (unpaired) electrons. The molecule has 1 aromatic carbocycles. The van der Waals surface area contributed by atoms with Gasteiger partial charge in [0, 0.05) is 22.8 Å². The Balaban J connectivity index is 2.43. The zero-order valence-corrected chi connectivity index (χ0v) is 11.0. The number of H-pyrrole nitrogens is 1. The number of carbonyl (C=O) groups is 1. The fourth-order valence-electron chi connectivity index (χ4n) is 1.68. The molecular formula is C14H12ClNO3. The van der Waals surface area contributed by atoms with Crippen LogP contribution in [0.2, 0.25) is 5.02 Å². The van der Waals surface area contributed by atoms with Crippen molar-refractivity contribution in [2.45, 2.75) is 6.92 Å². The summed E-state index contributed by atoms with van der Waals surface area (Å²) in [6.45, 7) is 1.91. The smallest absolute Gasteiger partial charge is 0.343 e. The number of ether oxygens (including phenoxy) is 1. The van der Waals surface area contributed by atoms with E-state index in [1.165, 1.54) is 12.3 Å². The topological polar surface area (TPSA) is 59.2 Å². The second-order valence-corrected chi connectivity index (χ2v) is 4.23. The molecule has 0 aliphatic rings. The van der Waals surface area contributed by atoms with Crippen molar-refractivity contribution in [1.29, 1.82) is 0 Å². The van der Waals surface area contributed by atoms with Crippen LogP contribution in [0.3, 0.4) is 0 Å². The van der Waals surface area contributed by atoms with Crippen LogP contribution < -0.4 is 5.43 Å². The van der Waals surface area contributed by atoms with Gasteiger partial charge in [-0.15, -0.1) is 0 Å². The van der Waals surface area contributed by atoms with Gasteiger partial charge in [0.2, 0.25) is 0 Å². The number of hydrogen-bond donors (Lipinski definition) is 1. The summed E-state index contributed by atoms with van der Waals surface area (Å²) in [7, 11) is 0. The summed E-state index contributed by atoms with van der Waals surface area (Å²) in [5.41, 5.74) is 0.852. The Kier molecular flexibility index (Phi) is 4.02. The molecule has 5 heteroatoms. The highest BCUT2D eigenvalue weighted by Crippen LogP contribution is 2.24. The summed E-state index contributed by atoms with van der Waals surface area (Å²) in [6.07, 6.45) is 1.35. The maximum absolute atomic E-state index is 11.9. The van der Waals surface area contributed by atoms with Crippen LogP contribution in [0.25, 0.3) is 11.3 Å². The Morgan fingerprint density at radius 1 is 1.37 bits per heavy atom. The van der Waals surface area contributed by atoms with Crippen molar-refractivity contribution in [2.24, 2.45) is 0 Å². The molecule has 0 saturated heterocycles. The third-order valence-electron chi connectivity index (χ3n) is 2.57. The van der Waals surface area contributed by atoms with Crippen LogP contribution in [-0.4, -0.2) is 17.6 Å². The van der Waals surface area contributed by atoms with E-state index in [0.717, 1.165) is 0 Å². The number of pyridine rings is 1. The minimum absolute atomic E-state index is 0.0161. The highest BCUT2D eigenvalue weighted by atomic mass is 35.5. The zero-order valence-electron chi connectivity index (χ0n) is 10.3. The summed E-state index contributed by atoms with van der Waals surface area (Å²) in [5.74, 6) is -0.630. The van der Waals surface area contributed by atoms with Crippen molar-refractivity contribution >= 4 is 17.6 Å². The molecule has 0 fully saturated rings. The van der Waals surface area contributed by atoms with Crippen LogP contribution >= 0.6 is 11.6 Å². The van der Waals surface area contributed by atoms with Gasteiger partial charge in [-0.25, -0.2) is 4.79 Å². The van der Waals surface area contributed by atoms with Gasteiger partial charge in [0.15, 0.2) is 5.43 Å². The predicted octanol–water partition coefficient (Wildman–Crippen LogP) is 2.87. The number of aromatic nitrogens is 1. The zero-order chi connectivity index (χ0) is 13.8. The molecule has 0 spiro atoms. The molecule has 0 aliphatic heterocycles. The van der Waals surface area contributed by atoms with Crippen LogP contribution in [0, 0.1) is 0 Å². The van der Waals surface area contributed by atoms with E-state index < -0.39 is 11.4 Å². The first-order chi connectivity index (χ1) is 9.13. The second-order valence-electron chi connectivity index (χ2n) is 3.82. The monoisotopic (exact) mass is 277 g/mol. The molecule has 0 amide bonds. The first-order valence-corrected chi connectivity index (χ1v) is 6.16. The Hall–Kier alpha value is -2.07. The minimum Gasteiger partial charge on any atom is -0.462 e. The standard InChI is InChI=1S/C14H12ClNO3/c1-2-19-14(18)10-8-16-12(7-13(10)17)9-5-3-4-6-11(9)15/h3-8H,2H2,1H3,(H,16,17). The fraction of sp³-hybridized carbons (Fsp3) is 0.143. The van der Waals surface area contributed by atoms with Crippen LogP contribution in [0.4, 0.5) is 0 Å². The molecule has 0 atom stereocenters. The fourth-order valence-corrected chi connectivity index (χ4v) is 1.91. The number of aromatic amines is 1. The third kappa shape index (κ3) is 2.85. The molecule has 0 saturated carbocycles. The predicted molar refractivity (Wildman–Crippen MR) is 73.5 cm³/mol. The van der Waals surface area contributed by atoms with Gasteiger partial charge in [-0.3, -0.25) is 4.79 Å². The van der Waals surface area contributed by atoms with Crippen LogP contribution in [0.5, 0.6) is 0 Å². The third-order valence-corrected chi connectivity index (χ3v) is 2.90. The lowest BCUT2D eigenvalue weighted by Crippen LogP contribution is -2.17. The number of carbonyl (C=O) groups excluding carboxylic acids is 1. The van der Waals surface area contributed by atoms with Crippen molar-refractivity contribution in [2.75, 3.05) is 6.61 Å². The molecule has 4 nitrogen and oxygen atoms in total. The van der Waals surface area contributed by atoms with E-state index in [4.69, 9.17) is 16.3 Å². The van der Waals surface area contributed by atoms with Gasteiger partial charge in [0.1, 0.15) is 5.56 Å². The SMILES string of the molecule is CCOC(=O)c1c[nH]c(-c2ccccc2Cl)cc1=O. The van der Waals surface area contributed by atoms with Gasteiger partial charge in [-0.1, -0.05) is 29.8 Å². The van der Waals surface area contributed by atoms with Crippen LogP contribution in [0.1, 0.15) is 17.3 Å². The molecule has 1 heterocycles. The maximum atomic E-state index is 11.9. The molecular weight excluding hydrogens is 266 g/mol. The highest BCUT2D eigenvalue weighted by molar-refractivity contribution is 6.33. The molecule has 1 aromatic heterocycles. The van der Waals surface area contributed by atoms with E-state index in [-0.39, 0.29) is 12.2 Å². The van der Waals surface area contributed by atoms with E-state index in [1.54, 1.807) is 25.1 Å². The maximum Gasteiger partial charge on any atom is 0.343 e. The van der Waals surface area contributed by atoms with Gasteiger partial charge >= 0.3 is 5.97 Å². The Labute approximate surface area is 115 Å². The summed E-state index contributed by atoms with van der Waals surface area (Å²) in [6, 6.07) is 8.48. The van der Waals surface area contributed by atoms with Crippen molar-refractivity contribution in [3.05, 3.63) is 57.3 Å². The second kappa shape index (κ2) is 5.71. The average molecular weight is 278 g/mol. The molecule has 19 heavy (non-hydrogen) atoms. The summed E-state index contributed by atoms with van der Waals surface area (Å²) < 4.78 is 4.79. The molecule has 0 aliphatic carbocycles. The lowest BCUT2D eigenvalue weighted by molar-refractivity contribution is 0.0524. The number of nitrogens with one attached hydrogen (secondary N) is 1. The average Bonchev–Trinajstić information content (AvgIpc) is 2.39. The lowest BCUT2D eigenvalue weighted by Gasteiger charge is -2.05. The summed E-state index contributed by atoms with van der Waals surface area (Å²) in [5, 5.41) is 0.530. The van der Waals surface area contributed by atoms with Crippen molar-refractivity contribution in [1.82, 2.24) is 4.98 Å². The number of halogens is 1. The summed E-state index contributed by atoms with van der Waals surface area (Å²) in [4.78, 5) is 26.3. The van der Waals surface area contributed by atoms with Gasteiger partial charge < -0.3 is 9.72 Å². The Morgan fingerprint density at radius 2 is 2.11 bits per heavy atom. The molecule has 1 N–H and O–H groups in total. The van der Waals surface area contributed by atoms with E-state index in [1.807, 2.05) is 6.07 Å². The van der Waals surface area contributed by atoms with E-state index in [2.05, 4.69) is 4.98 Å². The quantitative estimate of drug-likeness (QED) is 0.878. The number of benzene rings is 1. The van der Waals surface area contributed by atoms with Crippen LogP contribution in [-0.2, 0) is 4.74 Å². The van der Waals surface area contributed by atoms with E-state index in [0.29, 0.717) is 16.3 Å². The first-order valence-electron chi connectivity index (χ1n) is 5.78. The van der Waals surface area contributed by atoms with Crippen molar-refractivity contribution in [3.8, 4) is 11.3 Å². The van der Waals surface area contributed by atoms with E-state index in [9.17, 15) is 9.59 Å². The highest BCUT2D eigenvalue weighted by Gasteiger charge is 2.12.